The third-order valence-electron chi connectivity index (χ3n) is 2.78. The molecule has 2 rings (SSSR count). The van der Waals surface area contributed by atoms with Crippen molar-refractivity contribution in [2.75, 3.05) is 19.7 Å². The highest BCUT2D eigenvalue weighted by Gasteiger charge is 2.23. The number of urea groups is 1. The number of ether oxygens (including phenoxy) is 1. The highest BCUT2D eigenvalue weighted by molar-refractivity contribution is 5.84. The molecule has 2 N–H and O–H groups in total. The Kier molecular flexibility index (Phi) is 4.22. The summed E-state index contributed by atoms with van der Waals surface area (Å²) in [5.74, 6) is -0.987. The number of amides is 2. The van der Waals surface area contributed by atoms with Gasteiger partial charge in [-0.3, -0.25) is 0 Å². The first-order valence-electron chi connectivity index (χ1n) is 5.96. The molecule has 1 saturated heterocycles. The van der Waals surface area contributed by atoms with Crippen molar-refractivity contribution >= 4 is 12.0 Å². The fourth-order valence-corrected chi connectivity index (χ4v) is 1.77. The Hall–Kier alpha value is -2.53. The standard InChI is InChI=1S/C12H13N3O5/c13-5-9-7-15(3-4-19-9)12(18)14-6-8-1-2-10(20-8)11(16)17/h1-2,9H,3-4,6-7H2,(H,14,18)(H,16,17). The van der Waals surface area contributed by atoms with Crippen LogP contribution in [-0.4, -0.2) is 47.8 Å². The SMILES string of the molecule is N#CC1CN(C(=O)NCc2ccc(C(=O)O)o2)CCO1. The molecule has 0 spiro atoms. The molecule has 2 heterocycles. The van der Waals surface area contributed by atoms with Gasteiger partial charge in [-0.25, -0.2) is 9.59 Å². The summed E-state index contributed by atoms with van der Waals surface area (Å²) in [6.45, 7) is 1.01. The minimum absolute atomic E-state index is 0.0840. The predicted molar refractivity (Wildman–Crippen MR) is 64.8 cm³/mol. The van der Waals surface area contributed by atoms with Crippen LogP contribution in [0.2, 0.25) is 0 Å². The second-order valence-electron chi connectivity index (χ2n) is 4.16. The number of carbonyl (C=O) groups is 2. The average molecular weight is 279 g/mol. The summed E-state index contributed by atoms with van der Waals surface area (Å²) >= 11 is 0. The van der Waals surface area contributed by atoms with Gasteiger partial charge in [0.25, 0.3) is 0 Å². The highest BCUT2D eigenvalue weighted by Crippen LogP contribution is 2.08. The van der Waals surface area contributed by atoms with E-state index in [4.69, 9.17) is 19.5 Å². The van der Waals surface area contributed by atoms with Gasteiger partial charge in [0.2, 0.25) is 5.76 Å². The zero-order chi connectivity index (χ0) is 14.5. The van der Waals surface area contributed by atoms with E-state index < -0.39 is 12.1 Å². The molecule has 0 aromatic carbocycles. The third-order valence-corrected chi connectivity index (χ3v) is 2.78. The molecule has 1 aliphatic heterocycles. The molecule has 8 heteroatoms. The molecule has 1 aliphatic rings. The van der Waals surface area contributed by atoms with Gasteiger partial charge in [-0.1, -0.05) is 0 Å². The molecule has 1 fully saturated rings. The van der Waals surface area contributed by atoms with E-state index in [-0.39, 0.29) is 24.9 Å². The van der Waals surface area contributed by atoms with E-state index in [1.54, 1.807) is 0 Å². The Balaban J connectivity index is 1.85. The smallest absolute Gasteiger partial charge is 0.371 e. The molecule has 0 aliphatic carbocycles. The van der Waals surface area contributed by atoms with Crippen LogP contribution >= 0.6 is 0 Å². The monoisotopic (exact) mass is 279 g/mol. The van der Waals surface area contributed by atoms with Gasteiger partial charge in [0.15, 0.2) is 6.10 Å². The molecule has 2 amide bonds. The molecule has 106 valence electrons. The number of nitrogens with zero attached hydrogens (tertiary/aromatic N) is 2. The minimum atomic E-state index is -1.16. The number of carbonyl (C=O) groups excluding carboxylic acids is 1. The van der Waals surface area contributed by atoms with Gasteiger partial charge >= 0.3 is 12.0 Å². The first kappa shape index (κ1) is 13.9. The molecule has 1 aromatic heterocycles. The summed E-state index contributed by atoms with van der Waals surface area (Å²) in [4.78, 5) is 24.0. The maximum absolute atomic E-state index is 11.9. The van der Waals surface area contributed by atoms with Gasteiger partial charge in [0, 0.05) is 6.54 Å². The molecule has 0 saturated carbocycles. The van der Waals surface area contributed by atoms with E-state index in [0.29, 0.717) is 18.9 Å². The van der Waals surface area contributed by atoms with Crippen LogP contribution in [0.1, 0.15) is 16.3 Å². The number of aromatic carboxylic acids is 1. The summed E-state index contributed by atoms with van der Waals surface area (Å²) in [6.07, 6.45) is -0.614. The largest absolute Gasteiger partial charge is 0.475 e. The molecule has 0 bridgehead atoms. The lowest BCUT2D eigenvalue weighted by molar-refractivity contribution is 0.0156. The maximum atomic E-state index is 11.9. The van der Waals surface area contributed by atoms with Crippen molar-refractivity contribution in [3.05, 3.63) is 23.7 Å². The van der Waals surface area contributed by atoms with Gasteiger partial charge in [-0.05, 0) is 12.1 Å². The van der Waals surface area contributed by atoms with Gasteiger partial charge in [-0.2, -0.15) is 5.26 Å². The normalized spacial score (nSPS) is 18.4. The number of hydrogen-bond donors (Lipinski definition) is 2. The van der Waals surface area contributed by atoms with Gasteiger partial charge < -0.3 is 24.5 Å². The number of hydrogen-bond acceptors (Lipinski definition) is 5. The summed E-state index contributed by atoms with van der Waals surface area (Å²) < 4.78 is 10.1. The van der Waals surface area contributed by atoms with Crippen molar-refractivity contribution in [2.24, 2.45) is 0 Å². The van der Waals surface area contributed by atoms with Crippen LogP contribution in [0.4, 0.5) is 4.79 Å². The molecule has 1 atom stereocenters. The summed E-state index contributed by atoms with van der Waals surface area (Å²) in [7, 11) is 0. The van der Waals surface area contributed by atoms with Crippen molar-refractivity contribution in [1.29, 1.82) is 5.26 Å². The Morgan fingerprint density at radius 1 is 1.55 bits per heavy atom. The van der Waals surface area contributed by atoms with E-state index in [1.165, 1.54) is 17.0 Å². The number of nitriles is 1. The number of carboxylic acids is 1. The summed E-state index contributed by atoms with van der Waals surface area (Å²) in [6, 6.07) is 4.42. The number of carboxylic acid groups (broad SMARTS) is 1. The lowest BCUT2D eigenvalue weighted by atomic mass is 10.3. The van der Waals surface area contributed by atoms with Crippen LogP contribution in [-0.2, 0) is 11.3 Å². The van der Waals surface area contributed by atoms with E-state index in [0.717, 1.165) is 0 Å². The quantitative estimate of drug-likeness (QED) is 0.828. The van der Waals surface area contributed by atoms with Crippen LogP contribution in [0.15, 0.2) is 16.5 Å². The fourth-order valence-electron chi connectivity index (χ4n) is 1.77. The Morgan fingerprint density at radius 2 is 2.35 bits per heavy atom. The van der Waals surface area contributed by atoms with Gasteiger partial charge in [-0.15, -0.1) is 0 Å². The van der Waals surface area contributed by atoms with Crippen molar-refractivity contribution in [3.63, 3.8) is 0 Å². The summed E-state index contributed by atoms with van der Waals surface area (Å²) in [5, 5.41) is 20.1. The Morgan fingerprint density at radius 3 is 3.00 bits per heavy atom. The number of morpholine rings is 1. The average Bonchev–Trinajstić information content (AvgIpc) is 2.94. The topological polar surface area (TPSA) is 116 Å². The molecular weight excluding hydrogens is 266 g/mol. The Bertz CT molecular complexity index is 548. The zero-order valence-corrected chi connectivity index (χ0v) is 10.5. The number of furan rings is 1. The highest BCUT2D eigenvalue weighted by atomic mass is 16.5. The van der Waals surface area contributed by atoms with Crippen LogP contribution < -0.4 is 5.32 Å². The van der Waals surface area contributed by atoms with E-state index >= 15 is 0 Å². The third kappa shape index (κ3) is 3.27. The van der Waals surface area contributed by atoms with E-state index in [9.17, 15) is 9.59 Å². The second-order valence-corrected chi connectivity index (χ2v) is 4.16. The maximum Gasteiger partial charge on any atom is 0.371 e. The molecule has 1 aromatic rings. The predicted octanol–water partition coefficient (Wildman–Crippen LogP) is 0.412. The molecule has 0 radical (unpaired) electrons. The molecule has 20 heavy (non-hydrogen) atoms. The fraction of sp³-hybridized carbons (Fsp3) is 0.417. The first-order valence-corrected chi connectivity index (χ1v) is 5.96. The van der Waals surface area contributed by atoms with Crippen molar-refractivity contribution in [1.82, 2.24) is 10.2 Å². The van der Waals surface area contributed by atoms with E-state index in [1.807, 2.05) is 6.07 Å². The van der Waals surface area contributed by atoms with Crippen molar-refractivity contribution < 1.29 is 23.8 Å². The molecular formula is C12H13N3O5. The van der Waals surface area contributed by atoms with Crippen LogP contribution in [0.25, 0.3) is 0 Å². The Labute approximate surface area is 114 Å². The van der Waals surface area contributed by atoms with Crippen LogP contribution in [0.3, 0.4) is 0 Å². The summed E-state index contributed by atoms with van der Waals surface area (Å²) in [5.41, 5.74) is 0. The molecule has 1 unspecified atom stereocenters. The van der Waals surface area contributed by atoms with Crippen LogP contribution in [0, 0.1) is 11.3 Å². The van der Waals surface area contributed by atoms with Gasteiger partial charge in [0.05, 0.1) is 25.8 Å². The second kappa shape index (κ2) is 6.08. The lowest BCUT2D eigenvalue weighted by Crippen LogP contribution is -2.49. The molecule has 8 nitrogen and oxygen atoms in total. The zero-order valence-electron chi connectivity index (χ0n) is 10.5. The van der Waals surface area contributed by atoms with Crippen molar-refractivity contribution in [3.8, 4) is 6.07 Å². The number of rotatable bonds is 3. The minimum Gasteiger partial charge on any atom is -0.475 e. The lowest BCUT2D eigenvalue weighted by Gasteiger charge is -2.29. The first-order chi connectivity index (χ1) is 9.60. The van der Waals surface area contributed by atoms with Crippen LogP contribution in [0.5, 0.6) is 0 Å². The number of nitrogens with one attached hydrogen (secondary N) is 1. The van der Waals surface area contributed by atoms with Gasteiger partial charge in [0.1, 0.15) is 5.76 Å². The van der Waals surface area contributed by atoms with Crippen molar-refractivity contribution in [2.45, 2.75) is 12.6 Å². The van der Waals surface area contributed by atoms with E-state index in [2.05, 4.69) is 5.32 Å².